The number of rotatable bonds is 17. The van der Waals surface area contributed by atoms with E-state index in [1.807, 2.05) is 54.6 Å². The van der Waals surface area contributed by atoms with Crippen LogP contribution in [0.15, 0.2) is 78.9 Å². The second-order valence-corrected chi connectivity index (χ2v) is 14.4. The predicted octanol–water partition coefficient (Wildman–Crippen LogP) is 11.5. The largest absolute Gasteiger partial charge is 0.458 e. The maximum Gasteiger partial charge on any atom is 0.338 e. The Morgan fingerprint density at radius 3 is 1.78 bits per heavy atom. The Balaban J connectivity index is 1.11. The lowest BCUT2D eigenvalue weighted by Crippen LogP contribution is -2.21. The van der Waals surface area contributed by atoms with E-state index in [0.29, 0.717) is 29.1 Å². The zero-order valence-electron chi connectivity index (χ0n) is 30.0. The topological polar surface area (TPSA) is 61.8 Å². The molecule has 5 nitrogen and oxygen atoms in total. The fourth-order valence-corrected chi connectivity index (χ4v) is 7.71. The number of hydrogen-bond donors (Lipinski definition) is 0. The van der Waals surface area contributed by atoms with Gasteiger partial charge in [-0.05, 0) is 116 Å². The average Bonchev–Trinajstić information content (AvgIpc) is 3.16. The summed E-state index contributed by atoms with van der Waals surface area (Å²) >= 11 is 0. The molecule has 0 aliphatic heterocycles. The minimum absolute atomic E-state index is 0.0574. The van der Waals surface area contributed by atoms with Crippen LogP contribution in [0.3, 0.4) is 0 Å². The SMILES string of the molecule is CCCCCOC1CCC(c2ccc(C(=O)OCC(OC(=O)c3ccc(C4CCC(CCCCC)CC4)cc3)c3ccccc3)cc2)CC1. The summed E-state index contributed by atoms with van der Waals surface area (Å²) in [6, 6.07) is 25.3. The molecule has 5 rings (SSSR count). The molecule has 0 radical (unpaired) electrons. The van der Waals surface area contributed by atoms with Crippen molar-refractivity contribution in [2.45, 2.75) is 134 Å². The van der Waals surface area contributed by atoms with Crippen molar-refractivity contribution in [3.63, 3.8) is 0 Å². The van der Waals surface area contributed by atoms with Crippen molar-refractivity contribution in [2.24, 2.45) is 5.92 Å². The molecular formula is C44H58O5. The highest BCUT2D eigenvalue weighted by molar-refractivity contribution is 5.90. The summed E-state index contributed by atoms with van der Waals surface area (Å²) in [5, 5.41) is 0. The predicted molar refractivity (Wildman–Crippen MR) is 197 cm³/mol. The van der Waals surface area contributed by atoms with Crippen LogP contribution in [0, 0.1) is 5.92 Å². The van der Waals surface area contributed by atoms with Crippen LogP contribution in [-0.2, 0) is 14.2 Å². The molecule has 0 aromatic heterocycles. The van der Waals surface area contributed by atoms with Gasteiger partial charge in [-0.15, -0.1) is 0 Å². The number of ether oxygens (including phenoxy) is 3. The fourth-order valence-electron chi connectivity index (χ4n) is 7.71. The summed E-state index contributed by atoms with van der Waals surface area (Å²) in [4.78, 5) is 26.4. The molecule has 0 spiro atoms. The van der Waals surface area contributed by atoms with E-state index in [1.165, 1.54) is 75.3 Å². The minimum Gasteiger partial charge on any atom is -0.458 e. The van der Waals surface area contributed by atoms with Crippen LogP contribution in [0.5, 0.6) is 0 Å². The van der Waals surface area contributed by atoms with Crippen molar-refractivity contribution in [1.29, 1.82) is 0 Å². The molecule has 0 heterocycles. The Bertz CT molecular complexity index is 1380. The molecule has 3 aromatic carbocycles. The molecule has 2 aliphatic rings. The molecule has 0 N–H and O–H groups in total. The third kappa shape index (κ3) is 11.3. The number of esters is 2. The highest BCUT2D eigenvalue weighted by Gasteiger charge is 2.25. The van der Waals surface area contributed by atoms with E-state index in [0.717, 1.165) is 50.2 Å². The molecule has 0 bridgehead atoms. The van der Waals surface area contributed by atoms with Gasteiger partial charge in [0.05, 0.1) is 17.2 Å². The van der Waals surface area contributed by atoms with E-state index in [9.17, 15) is 9.59 Å². The molecule has 49 heavy (non-hydrogen) atoms. The van der Waals surface area contributed by atoms with E-state index >= 15 is 0 Å². The van der Waals surface area contributed by atoms with E-state index in [1.54, 1.807) is 0 Å². The van der Waals surface area contributed by atoms with Crippen LogP contribution in [0.4, 0.5) is 0 Å². The third-order valence-corrected chi connectivity index (χ3v) is 10.9. The first kappa shape index (κ1) is 36.8. The molecule has 0 saturated heterocycles. The first-order chi connectivity index (χ1) is 24.0. The molecule has 3 aromatic rings. The standard InChI is InChI=1S/C44H58O5/c1-3-5-8-12-33-15-17-34(18-16-33)35-21-25-40(26-22-35)44(46)49-42(38-13-9-7-10-14-38)32-48-43(45)39-23-19-36(20-24-39)37-27-29-41(30-28-37)47-31-11-6-4-2/h7,9-10,13-14,19-26,33-34,37,41-42H,3-6,8,11-12,15-18,27-32H2,1-2H3. The highest BCUT2D eigenvalue weighted by Crippen LogP contribution is 2.38. The molecule has 1 unspecified atom stereocenters. The Hall–Kier alpha value is -3.44. The Morgan fingerprint density at radius 1 is 0.633 bits per heavy atom. The molecule has 1 atom stereocenters. The molecule has 2 saturated carbocycles. The van der Waals surface area contributed by atoms with Crippen molar-refractivity contribution >= 4 is 11.9 Å². The number of hydrogen-bond acceptors (Lipinski definition) is 5. The van der Waals surface area contributed by atoms with Gasteiger partial charge in [-0.2, -0.15) is 0 Å². The molecule has 0 amide bonds. The Morgan fingerprint density at radius 2 is 1.18 bits per heavy atom. The van der Waals surface area contributed by atoms with Gasteiger partial charge in [-0.3, -0.25) is 0 Å². The van der Waals surface area contributed by atoms with Gasteiger partial charge in [-0.1, -0.05) is 107 Å². The van der Waals surface area contributed by atoms with Crippen molar-refractivity contribution < 1.29 is 23.8 Å². The van der Waals surface area contributed by atoms with Gasteiger partial charge in [0.15, 0.2) is 6.10 Å². The monoisotopic (exact) mass is 666 g/mol. The molecule has 2 fully saturated rings. The summed E-state index contributed by atoms with van der Waals surface area (Å²) in [6.45, 7) is 5.30. The molecule has 2 aliphatic carbocycles. The van der Waals surface area contributed by atoms with Crippen LogP contribution in [0.25, 0.3) is 0 Å². The molecule has 5 heteroatoms. The van der Waals surface area contributed by atoms with Crippen LogP contribution in [0.1, 0.15) is 166 Å². The van der Waals surface area contributed by atoms with Gasteiger partial charge in [0, 0.05) is 6.61 Å². The summed E-state index contributed by atoms with van der Waals surface area (Å²) in [6.07, 6.45) is 18.1. The van der Waals surface area contributed by atoms with Gasteiger partial charge >= 0.3 is 11.9 Å². The van der Waals surface area contributed by atoms with Crippen LogP contribution < -0.4 is 0 Å². The van der Waals surface area contributed by atoms with E-state index in [-0.39, 0.29) is 6.61 Å². The first-order valence-corrected chi connectivity index (χ1v) is 19.3. The maximum absolute atomic E-state index is 13.3. The van der Waals surface area contributed by atoms with E-state index < -0.39 is 18.0 Å². The molecule has 264 valence electrons. The second kappa shape index (κ2) is 19.7. The Kier molecular flexibility index (Phi) is 14.8. The van der Waals surface area contributed by atoms with E-state index in [2.05, 4.69) is 38.1 Å². The first-order valence-electron chi connectivity index (χ1n) is 19.3. The summed E-state index contributed by atoms with van der Waals surface area (Å²) in [5.41, 5.74) is 4.37. The number of carbonyl (C=O) groups is 2. The average molecular weight is 667 g/mol. The maximum atomic E-state index is 13.3. The summed E-state index contributed by atoms with van der Waals surface area (Å²) in [5.74, 6) is 1.09. The van der Waals surface area contributed by atoms with Crippen molar-refractivity contribution in [2.75, 3.05) is 13.2 Å². The zero-order chi connectivity index (χ0) is 34.3. The lowest BCUT2D eigenvalue weighted by Gasteiger charge is -2.29. The fraction of sp³-hybridized carbons (Fsp3) is 0.545. The summed E-state index contributed by atoms with van der Waals surface area (Å²) in [7, 11) is 0. The number of benzene rings is 3. The third-order valence-electron chi connectivity index (χ3n) is 10.9. The van der Waals surface area contributed by atoms with E-state index in [4.69, 9.17) is 14.2 Å². The lowest BCUT2D eigenvalue weighted by atomic mass is 9.77. The molecular weight excluding hydrogens is 608 g/mol. The smallest absolute Gasteiger partial charge is 0.338 e. The van der Waals surface area contributed by atoms with Crippen LogP contribution >= 0.6 is 0 Å². The van der Waals surface area contributed by atoms with Gasteiger partial charge in [-0.25, -0.2) is 9.59 Å². The normalized spacial score (nSPS) is 21.5. The van der Waals surface area contributed by atoms with Crippen LogP contribution in [-0.4, -0.2) is 31.3 Å². The van der Waals surface area contributed by atoms with Crippen molar-refractivity contribution in [3.05, 3.63) is 107 Å². The number of unbranched alkanes of at least 4 members (excludes halogenated alkanes) is 4. The van der Waals surface area contributed by atoms with Gasteiger partial charge in [0.2, 0.25) is 0 Å². The zero-order valence-corrected chi connectivity index (χ0v) is 30.0. The second-order valence-electron chi connectivity index (χ2n) is 14.4. The Labute approximate surface area is 295 Å². The quantitative estimate of drug-likeness (QED) is 0.106. The van der Waals surface area contributed by atoms with Crippen molar-refractivity contribution in [3.8, 4) is 0 Å². The van der Waals surface area contributed by atoms with Gasteiger partial charge < -0.3 is 14.2 Å². The summed E-state index contributed by atoms with van der Waals surface area (Å²) < 4.78 is 17.8. The van der Waals surface area contributed by atoms with Crippen LogP contribution in [0.2, 0.25) is 0 Å². The highest BCUT2D eigenvalue weighted by atomic mass is 16.6. The number of carbonyl (C=O) groups excluding carboxylic acids is 2. The minimum atomic E-state index is -0.709. The van der Waals surface area contributed by atoms with Gasteiger partial charge in [0.1, 0.15) is 6.61 Å². The lowest BCUT2D eigenvalue weighted by molar-refractivity contribution is -0.00134. The van der Waals surface area contributed by atoms with Crippen molar-refractivity contribution in [1.82, 2.24) is 0 Å². The van der Waals surface area contributed by atoms with Gasteiger partial charge in [0.25, 0.3) is 0 Å².